The first-order chi connectivity index (χ1) is 37.3. The zero-order chi connectivity index (χ0) is 55.0. The van der Waals surface area contributed by atoms with Crippen molar-refractivity contribution in [2.75, 3.05) is 13.2 Å². The number of hydrogen-bond acceptors (Lipinski definition) is 8. The minimum atomic E-state index is -1.56. The molecule has 452 valence electrons. The standard InChI is InChI=1S/C67H131NO8/c1-3-5-7-9-11-13-15-17-19-21-23-25-27-29-31-32-34-36-38-40-42-44-46-48-50-52-54-56-61(70)60(59-75-67-66(74)65(73)64(72)62(58-69)76-67)68-63(71)57-55-53-51-49-47-45-43-41-39-37-35-33-30-28-26-24-22-20-18-16-14-12-10-8-6-4-2/h54,56,60-62,64-67,69-70,72-74H,3-53,55,57-59H2,1-2H3,(H,68,71)/b56-54+. The molecule has 1 amide bonds. The first-order valence-corrected chi connectivity index (χ1v) is 33.9. The van der Waals surface area contributed by atoms with Crippen LogP contribution in [0.1, 0.15) is 354 Å². The molecule has 0 spiro atoms. The number of hydrogen-bond donors (Lipinski definition) is 6. The van der Waals surface area contributed by atoms with Gasteiger partial charge in [-0.1, -0.05) is 341 Å². The molecule has 6 N–H and O–H groups in total. The van der Waals surface area contributed by atoms with Gasteiger partial charge in [0.15, 0.2) is 6.29 Å². The number of carbonyl (C=O) groups excluding carboxylic acids is 1. The fourth-order valence-electron chi connectivity index (χ4n) is 11.3. The molecule has 0 saturated carbocycles. The van der Waals surface area contributed by atoms with Crippen LogP contribution in [0.4, 0.5) is 0 Å². The zero-order valence-corrected chi connectivity index (χ0v) is 50.5. The predicted molar refractivity (Wildman–Crippen MR) is 323 cm³/mol. The fraction of sp³-hybridized carbons (Fsp3) is 0.955. The first kappa shape index (κ1) is 72.9. The van der Waals surface area contributed by atoms with Gasteiger partial charge in [0.2, 0.25) is 5.91 Å². The smallest absolute Gasteiger partial charge is 0.220 e. The largest absolute Gasteiger partial charge is 0.394 e. The van der Waals surface area contributed by atoms with E-state index in [-0.39, 0.29) is 12.5 Å². The second kappa shape index (κ2) is 57.2. The molecule has 1 aliphatic heterocycles. The van der Waals surface area contributed by atoms with Crippen molar-refractivity contribution >= 4 is 5.91 Å². The Morgan fingerprint density at radius 1 is 0.434 bits per heavy atom. The maximum Gasteiger partial charge on any atom is 0.220 e. The van der Waals surface area contributed by atoms with Crippen LogP contribution >= 0.6 is 0 Å². The van der Waals surface area contributed by atoms with Gasteiger partial charge in [-0.25, -0.2) is 0 Å². The second-order valence-electron chi connectivity index (χ2n) is 24.0. The van der Waals surface area contributed by atoms with Gasteiger partial charge in [-0.2, -0.15) is 0 Å². The van der Waals surface area contributed by atoms with Crippen molar-refractivity contribution in [2.45, 2.75) is 397 Å². The molecule has 7 unspecified atom stereocenters. The summed E-state index contributed by atoms with van der Waals surface area (Å²) in [5.41, 5.74) is 0. The molecular formula is C67H131NO8. The highest BCUT2D eigenvalue weighted by atomic mass is 16.7. The van der Waals surface area contributed by atoms with Crippen LogP contribution in [-0.4, -0.2) is 87.5 Å². The lowest BCUT2D eigenvalue weighted by Gasteiger charge is -2.40. The summed E-state index contributed by atoms with van der Waals surface area (Å²) in [6.45, 7) is 3.84. The molecule has 1 saturated heterocycles. The van der Waals surface area contributed by atoms with Crippen LogP contribution in [0.2, 0.25) is 0 Å². The molecule has 1 rings (SSSR count). The van der Waals surface area contributed by atoms with E-state index in [1.165, 1.54) is 295 Å². The van der Waals surface area contributed by atoms with E-state index in [9.17, 15) is 30.3 Å². The molecule has 76 heavy (non-hydrogen) atoms. The van der Waals surface area contributed by atoms with E-state index in [4.69, 9.17) is 9.47 Å². The van der Waals surface area contributed by atoms with Crippen LogP contribution in [0.15, 0.2) is 12.2 Å². The normalized spacial score (nSPS) is 18.8. The zero-order valence-electron chi connectivity index (χ0n) is 50.5. The summed E-state index contributed by atoms with van der Waals surface area (Å²) >= 11 is 0. The summed E-state index contributed by atoms with van der Waals surface area (Å²) in [6.07, 6.45) is 66.0. The fourth-order valence-corrected chi connectivity index (χ4v) is 11.3. The van der Waals surface area contributed by atoms with Crippen molar-refractivity contribution in [1.29, 1.82) is 0 Å². The summed E-state index contributed by atoms with van der Waals surface area (Å²) in [7, 11) is 0. The minimum Gasteiger partial charge on any atom is -0.394 e. The third kappa shape index (κ3) is 45.6. The summed E-state index contributed by atoms with van der Waals surface area (Å²) < 4.78 is 11.3. The summed E-state index contributed by atoms with van der Waals surface area (Å²) in [6, 6.07) is -0.802. The van der Waals surface area contributed by atoms with Gasteiger partial charge in [-0.3, -0.25) is 4.79 Å². The summed E-state index contributed by atoms with van der Waals surface area (Å²) in [5.74, 6) is -0.167. The van der Waals surface area contributed by atoms with Gasteiger partial charge in [0.05, 0.1) is 25.4 Å². The van der Waals surface area contributed by atoms with Crippen LogP contribution in [0.25, 0.3) is 0 Å². The molecular weight excluding hydrogens is 947 g/mol. The van der Waals surface area contributed by atoms with Crippen LogP contribution < -0.4 is 5.32 Å². The monoisotopic (exact) mass is 1080 g/mol. The highest BCUT2D eigenvalue weighted by Gasteiger charge is 2.44. The van der Waals surface area contributed by atoms with E-state index in [2.05, 4.69) is 19.2 Å². The van der Waals surface area contributed by atoms with Gasteiger partial charge >= 0.3 is 0 Å². The summed E-state index contributed by atoms with van der Waals surface area (Å²) in [5, 5.41) is 54.7. The highest BCUT2D eigenvalue weighted by molar-refractivity contribution is 5.76. The maximum absolute atomic E-state index is 13.1. The van der Waals surface area contributed by atoms with Gasteiger partial charge in [-0.15, -0.1) is 0 Å². The van der Waals surface area contributed by atoms with Crippen molar-refractivity contribution < 1.29 is 39.8 Å². The van der Waals surface area contributed by atoms with Crippen molar-refractivity contribution in [3.8, 4) is 0 Å². The Kier molecular flexibility index (Phi) is 54.9. The van der Waals surface area contributed by atoms with Crippen LogP contribution in [0.5, 0.6) is 0 Å². The Bertz CT molecular complexity index is 1200. The quantitative estimate of drug-likeness (QED) is 0.0261. The van der Waals surface area contributed by atoms with Gasteiger partial charge in [0.1, 0.15) is 24.4 Å². The molecule has 0 aromatic heterocycles. The Morgan fingerprint density at radius 2 is 0.724 bits per heavy atom. The molecule has 0 aromatic carbocycles. The van der Waals surface area contributed by atoms with Gasteiger partial charge in [0.25, 0.3) is 0 Å². The van der Waals surface area contributed by atoms with Crippen LogP contribution in [0, 0.1) is 0 Å². The van der Waals surface area contributed by atoms with E-state index in [1.807, 2.05) is 6.08 Å². The van der Waals surface area contributed by atoms with Crippen LogP contribution in [0.3, 0.4) is 0 Å². The molecule has 9 heteroatoms. The SMILES string of the molecule is CCCCCCCCCCCCCCCCCCCCCCCCCCC/C=C/C(O)C(COC1OC(CO)C(O)C(O)C1O)NC(=O)CCCCCCCCCCCCCCCCCCCCCCCCCCCC. The van der Waals surface area contributed by atoms with E-state index in [0.29, 0.717) is 6.42 Å². The number of ether oxygens (including phenoxy) is 2. The third-order valence-corrected chi connectivity index (χ3v) is 16.6. The minimum absolute atomic E-state index is 0.167. The van der Waals surface area contributed by atoms with Crippen molar-refractivity contribution in [1.82, 2.24) is 5.32 Å². The van der Waals surface area contributed by atoms with E-state index in [1.54, 1.807) is 6.08 Å². The molecule has 0 aliphatic carbocycles. The third-order valence-electron chi connectivity index (χ3n) is 16.6. The Labute approximate surface area is 471 Å². The summed E-state index contributed by atoms with van der Waals surface area (Å²) in [4.78, 5) is 13.1. The Hall–Kier alpha value is -1.07. The van der Waals surface area contributed by atoms with E-state index < -0.39 is 49.5 Å². The number of amides is 1. The van der Waals surface area contributed by atoms with Gasteiger partial charge < -0.3 is 40.3 Å². The second-order valence-corrected chi connectivity index (χ2v) is 24.0. The molecule has 1 aliphatic rings. The van der Waals surface area contributed by atoms with E-state index in [0.717, 1.165) is 38.5 Å². The average molecular weight is 1080 g/mol. The molecule has 0 bridgehead atoms. The Morgan fingerprint density at radius 3 is 1.03 bits per heavy atom. The lowest BCUT2D eigenvalue weighted by Crippen LogP contribution is -2.60. The van der Waals surface area contributed by atoms with Crippen LogP contribution in [-0.2, 0) is 14.3 Å². The number of aliphatic hydroxyl groups is 5. The maximum atomic E-state index is 13.1. The number of rotatable bonds is 60. The molecule has 7 atom stereocenters. The molecule has 0 aromatic rings. The lowest BCUT2D eigenvalue weighted by molar-refractivity contribution is -0.302. The predicted octanol–water partition coefficient (Wildman–Crippen LogP) is 17.9. The molecule has 0 radical (unpaired) electrons. The highest BCUT2D eigenvalue weighted by Crippen LogP contribution is 2.23. The molecule has 9 nitrogen and oxygen atoms in total. The van der Waals surface area contributed by atoms with Gasteiger partial charge in [0, 0.05) is 6.42 Å². The topological polar surface area (TPSA) is 149 Å². The van der Waals surface area contributed by atoms with Crippen molar-refractivity contribution in [3.05, 3.63) is 12.2 Å². The molecule has 1 heterocycles. The number of nitrogens with one attached hydrogen (secondary N) is 1. The number of carbonyl (C=O) groups is 1. The van der Waals surface area contributed by atoms with Crippen molar-refractivity contribution in [2.24, 2.45) is 0 Å². The van der Waals surface area contributed by atoms with E-state index >= 15 is 0 Å². The number of allylic oxidation sites excluding steroid dienone is 1. The first-order valence-electron chi connectivity index (χ1n) is 33.9. The number of aliphatic hydroxyl groups excluding tert-OH is 5. The van der Waals surface area contributed by atoms with Gasteiger partial charge in [-0.05, 0) is 19.3 Å². The number of unbranched alkanes of at least 4 members (excludes halogenated alkanes) is 50. The lowest BCUT2D eigenvalue weighted by atomic mass is 9.99. The average Bonchev–Trinajstić information content (AvgIpc) is 3.42. The molecule has 1 fully saturated rings. The Balaban J connectivity index is 2.14. The van der Waals surface area contributed by atoms with Crippen molar-refractivity contribution in [3.63, 3.8) is 0 Å².